The first-order valence-electron chi connectivity index (χ1n) is 8.90. The van der Waals surface area contributed by atoms with Crippen molar-refractivity contribution >= 4 is 30.7 Å². The summed E-state index contributed by atoms with van der Waals surface area (Å²) in [6, 6.07) is 3.78. The molecule has 2 heterocycles. The van der Waals surface area contributed by atoms with Crippen LogP contribution in [-0.2, 0) is 11.3 Å². The number of aliphatic hydroxyl groups excluding tert-OH is 1. The van der Waals surface area contributed by atoms with Crippen molar-refractivity contribution in [3.63, 3.8) is 0 Å². The molecule has 0 bridgehead atoms. The van der Waals surface area contributed by atoms with Gasteiger partial charge in [-0.05, 0) is 37.8 Å². The van der Waals surface area contributed by atoms with Crippen LogP contribution in [0.1, 0.15) is 30.5 Å². The minimum Gasteiger partial charge on any atom is -0.392 e. The number of aromatic nitrogens is 1. The Bertz CT molecular complexity index is 582. The molecule has 1 amide bonds. The summed E-state index contributed by atoms with van der Waals surface area (Å²) in [4.78, 5) is 21.5. The van der Waals surface area contributed by atoms with Gasteiger partial charge in [0.25, 0.3) is 0 Å². The fourth-order valence-corrected chi connectivity index (χ4v) is 3.69. The molecule has 3 N–H and O–H groups in total. The third-order valence-corrected chi connectivity index (χ3v) is 5.39. The minimum absolute atomic E-state index is 0. The molecule has 0 unspecified atom stereocenters. The Morgan fingerprint density at radius 3 is 2.58 bits per heavy atom. The maximum atomic E-state index is 12.7. The number of aryl methyl sites for hydroxylation is 1. The number of hydrogen-bond donors (Lipinski definition) is 2. The molecule has 3 atom stereocenters. The molecule has 8 heteroatoms. The van der Waals surface area contributed by atoms with Gasteiger partial charge in [-0.2, -0.15) is 0 Å². The number of nitrogens with two attached hydrogens (primary N) is 1. The summed E-state index contributed by atoms with van der Waals surface area (Å²) in [5.74, 6) is 0.194. The molecule has 1 aliphatic carbocycles. The molecule has 1 saturated heterocycles. The second-order valence-electron chi connectivity index (χ2n) is 7.11. The van der Waals surface area contributed by atoms with E-state index >= 15 is 0 Å². The van der Waals surface area contributed by atoms with Crippen molar-refractivity contribution in [2.24, 2.45) is 11.7 Å². The smallest absolute Gasteiger partial charge is 0.225 e. The first kappa shape index (κ1) is 23.1. The van der Waals surface area contributed by atoms with E-state index in [4.69, 9.17) is 5.73 Å². The minimum atomic E-state index is -0.451. The summed E-state index contributed by atoms with van der Waals surface area (Å²) in [5.41, 5.74) is 8.25. The van der Waals surface area contributed by atoms with E-state index in [0.717, 1.165) is 44.8 Å². The molecule has 2 aliphatic rings. The summed E-state index contributed by atoms with van der Waals surface area (Å²) in [5, 5.41) is 9.72. The third kappa shape index (κ3) is 5.54. The largest absolute Gasteiger partial charge is 0.392 e. The summed E-state index contributed by atoms with van der Waals surface area (Å²) in [7, 11) is 0. The highest BCUT2D eigenvalue weighted by molar-refractivity contribution is 5.85. The van der Waals surface area contributed by atoms with Crippen LogP contribution in [0, 0.1) is 12.8 Å². The van der Waals surface area contributed by atoms with E-state index in [9.17, 15) is 9.90 Å². The van der Waals surface area contributed by atoms with Crippen LogP contribution < -0.4 is 5.73 Å². The number of pyridine rings is 1. The van der Waals surface area contributed by atoms with Crippen LogP contribution in [0.2, 0.25) is 0 Å². The predicted octanol–water partition coefficient (Wildman–Crippen LogP) is 1.37. The standard InChI is InChI=1S/C18H28N4O2.2ClH/c1-13-3-2-6-20-16(13)12-21-7-9-22(10-8-21)18(24)14-4-5-17(23)15(19)11-14;;/h2-3,6,14-15,17,23H,4-5,7-12,19H2,1H3;2*1H/t14-,15+,17+;;/m0../s1. The van der Waals surface area contributed by atoms with Gasteiger partial charge in [0, 0.05) is 50.9 Å². The SMILES string of the molecule is Cc1cccnc1CN1CCN(C(=O)[C@H]2CC[C@@H](O)[C@H](N)C2)CC1.Cl.Cl. The molecular formula is C18H30Cl2N4O2. The van der Waals surface area contributed by atoms with Crippen molar-refractivity contribution in [1.29, 1.82) is 0 Å². The molecule has 26 heavy (non-hydrogen) atoms. The quantitative estimate of drug-likeness (QED) is 0.794. The molecule has 3 rings (SSSR count). The molecule has 0 radical (unpaired) electrons. The summed E-state index contributed by atoms with van der Waals surface area (Å²) in [6.45, 7) is 6.21. The monoisotopic (exact) mass is 404 g/mol. The number of rotatable bonds is 3. The number of halogens is 2. The second-order valence-corrected chi connectivity index (χ2v) is 7.11. The number of aliphatic hydroxyl groups is 1. The lowest BCUT2D eigenvalue weighted by Gasteiger charge is -2.38. The molecule has 1 aliphatic heterocycles. The van der Waals surface area contributed by atoms with Crippen molar-refractivity contribution < 1.29 is 9.90 Å². The molecule has 6 nitrogen and oxygen atoms in total. The van der Waals surface area contributed by atoms with Gasteiger partial charge in [0.05, 0.1) is 11.8 Å². The van der Waals surface area contributed by atoms with Crippen molar-refractivity contribution in [2.45, 2.75) is 44.9 Å². The molecule has 148 valence electrons. The molecule has 0 aromatic carbocycles. The number of carbonyl (C=O) groups is 1. The van der Waals surface area contributed by atoms with Gasteiger partial charge in [0.2, 0.25) is 5.91 Å². The maximum absolute atomic E-state index is 12.7. The zero-order chi connectivity index (χ0) is 17.1. The first-order valence-corrected chi connectivity index (χ1v) is 8.90. The topological polar surface area (TPSA) is 82.7 Å². The van der Waals surface area contributed by atoms with Crippen LogP contribution in [0.4, 0.5) is 0 Å². The van der Waals surface area contributed by atoms with Gasteiger partial charge in [-0.25, -0.2) is 0 Å². The Labute approximate surface area is 168 Å². The van der Waals surface area contributed by atoms with Crippen LogP contribution in [-0.4, -0.2) is 64.1 Å². The Morgan fingerprint density at radius 1 is 1.27 bits per heavy atom. The van der Waals surface area contributed by atoms with Crippen LogP contribution >= 0.6 is 24.8 Å². The van der Waals surface area contributed by atoms with Crippen LogP contribution in [0.25, 0.3) is 0 Å². The number of carbonyl (C=O) groups excluding carboxylic acids is 1. The third-order valence-electron chi connectivity index (χ3n) is 5.39. The normalized spacial score (nSPS) is 26.6. The molecule has 1 aromatic rings. The van der Waals surface area contributed by atoms with E-state index in [-0.39, 0.29) is 42.7 Å². The number of piperazine rings is 1. The highest BCUT2D eigenvalue weighted by Crippen LogP contribution is 2.26. The van der Waals surface area contributed by atoms with Crippen molar-refractivity contribution in [3.8, 4) is 0 Å². The summed E-state index contributed by atoms with van der Waals surface area (Å²) >= 11 is 0. The van der Waals surface area contributed by atoms with Gasteiger partial charge in [-0.15, -0.1) is 24.8 Å². The first-order chi connectivity index (χ1) is 11.5. The molecule has 2 fully saturated rings. The maximum Gasteiger partial charge on any atom is 0.225 e. The number of amides is 1. The number of hydrogen-bond acceptors (Lipinski definition) is 5. The van der Waals surface area contributed by atoms with E-state index in [0.29, 0.717) is 12.8 Å². The van der Waals surface area contributed by atoms with Gasteiger partial charge in [-0.3, -0.25) is 14.7 Å². The van der Waals surface area contributed by atoms with Crippen molar-refractivity contribution in [1.82, 2.24) is 14.8 Å². The lowest BCUT2D eigenvalue weighted by atomic mass is 9.83. The molecule has 1 saturated carbocycles. The zero-order valence-electron chi connectivity index (χ0n) is 15.2. The average Bonchev–Trinajstić information content (AvgIpc) is 2.59. The second kappa shape index (κ2) is 10.4. The lowest BCUT2D eigenvalue weighted by Crippen LogP contribution is -2.52. The van der Waals surface area contributed by atoms with Gasteiger partial charge >= 0.3 is 0 Å². The highest BCUT2D eigenvalue weighted by atomic mass is 35.5. The zero-order valence-corrected chi connectivity index (χ0v) is 16.8. The van der Waals surface area contributed by atoms with E-state index < -0.39 is 6.10 Å². The number of nitrogens with zero attached hydrogens (tertiary/aromatic N) is 3. The van der Waals surface area contributed by atoms with Gasteiger partial charge in [-0.1, -0.05) is 6.07 Å². The average molecular weight is 405 g/mol. The molecule has 0 spiro atoms. The van der Waals surface area contributed by atoms with Crippen molar-refractivity contribution in [3.05, 3.63) is 29.6 Å². The molecular weight excluding hydrogens is 375 g/mol. The Morgan fingerprint density at radius 2 is 1.96 bits per heavy atom. The van der Waals surface area contributed by atoms with E-state index in [1.807, 2.05) is 17.2 Å². The van der Waals surface area contributed by atoms with E-state index in [2.05, 4.69) is 22.9 Å². The Balaban J connectivity index is 0.00000169. The van der Waals surface area contributed by atoms with Crippen LogP contribution in [0.5, 0.6) is 0 Å². The fourth-order valence-electron chi connectivity index (χ4n) is 3.69. The summed E-state index contributed by atoms with van der Waals surface area (Å²) in [6.07, 6.45) is 3.38. The van der Waals surface area contributed by atoms with Gasteiger partial charge in [0.15, 0.2) is 0 Å². The lowest BCUT2D eigenvalue weighted by molar-refractivity contribution is -0.139. The Kier molecular flexibility index (Phi) is 9.27. The molecule has 1 aromatic heterocycles. The van der Waals surface area contributed by atoms with Gasteiger partial charge < -0.3 is 15.7 Å². The fraction of sp³-hybridized carbons (Fsp3) is 0.667. The van der Waals surface area contributed by atoms with Crippen LogP contribution in [0.15, 0.2) is 18.3 Å². The van der Waals surface area contributed by atoms with Crippen LogP contribution in [0.3, 0.4) is 0 Å². The van der Waals surface area contributed by atoms with E-state index in [1.54, 1.807) is 0 Å². The predicted molar refractivity (Wildman–Crippen MR) is 107 cm³/mol. The van der Waals surface area contributed by atoms with Crippen molar-refractivity contribution in [2.75, 3.05) is 26.2 Å². The highest BCUT2D eigenvalue weighted by Gasteiger charge is 2.34. The van der Waals surface area contributed by atoms with E-state index in [1.165, 1.54) is 5.56 Å². The van der Waals surface area contributed by atoms with Gasteiger partial charge in [0.1, 0.15) is 0 Å². The summed E-state index contributed by atoms with van der Waals surface area (Å²) < 4.78 is 0. The Hall–Kier alpha value is -0.920.